The summed E-state index contributed by atoms with van der Waals surface area (Å²) in [6, 6.07) is 7.73. The highest BCUT2D eigenvalue weighted by Crippen LogP contribution is 2.48. The minimum Gasteiger partial charge on any atom is -0.484 e. The Morgan fingerprint density at radius 3 is 1.90 bits per heavy atom. The van der Waals surface area contributed by atoms with Gasteiger partial charge in [0.05, 0.1) is 15.6 Å². The van der Waals surface area contributed by atoms with Crippen molar-refractivity contribution in [2.45, 2.75) is 56.2 Å². The molecule has 3 fully saturated rings. The number of hydrogen-bond donors (Lipinski definition) is 2. The molecule has 13 heteroatoms. The van der Waals surface area contributed by atoms with Gasteiger partial charge in [0, 0.05) is 30.7 Å². The van der Waals surface area contributed by atoms with E-state index in [-0.39, 0.29) is 41.2 Å². The van der Waals surface area contributed by atoms with Crippen molar-refractivity contribution in [1.82, 2.24) is 10.6 Å². The van der Waals surface area contributed by atoms with Gasteiger partial charge in [-0.1, -0.05) is 23.2 Å². The minimum atomic E-state index is -0.891. The topological polar surface area (TPSA) is 112 Å². The summed E-state index contributed by atoms with van der Waals surface area (Å²) in [6.45, 7) is 1.05. The van der Waals surface area contributed by atoms with Crippen LogP contribution in [0, 0.1) is 11.6 Å². The molecule has 2 aromatic carbocycles. The maximum absolute atomic E-state index is 13.7. The number of halogens is 4. The van der Waals surface area contributed by atoms with E-state index in [4.69, 9.17) is 42.1 Å². The van der Waals surface area contributed by atoms with E-state index in [9.17, 15) is 23.2 Å². The van der Waals surface area contributed by atoms with Crippen molar-refractivity contribution in [2.24, 2.45) is 0 Å². The highest BCUT2D eigenvalue weighted by molar-refractivity contribution is 6.31. The van der Waals surface area contributed by atoms with Crippen molar-refractivity contribution in [3.8, 4) is 11.5 Å². The quantitative estimate of drug-likeness (QED) is 0.342. The number of nitrogens with one attached hydrogen (secondary N) is 2. The number of rotatable bonds is 12. The first kappa shape index (κ1) is 30.8. The van der Waals surface area contributed by atoms with Crippen molar-refractivity contribution < 1.29 is 42.1 Å². The summed E-state index contributed by atoms with van der Waals surface area (Å²) in [5.74, 6) is -2.55. The number of carbonyl (C=O) groups is 3. The van der Waals surface area contributed by atoms with E-state index in [0.717, 1.165) is 12.1 Å². The molecule has 0 aromatic heterocycles. The number of esters is 1. The molecular weight excluding hydrogens is 585 g/mol. The van der Waals surface area contributed by atoms with E-state index < -0.39 is 53.2 Å². The molecule has 222 valence electrons. The molecule has 0 spiro atoms. The summed E-state index contributed by atoms with van der Waals surface area (Å²) in [6.07, 6.45) is 1.29. The number of carbonyl (C=O) groups excluding carboxylic acids is 3. The van der Waals surface area contributed by atoms with Gasteiger partial charge in [0.1, 0.15) is 35.8 Å². The summed E-state index contributed by atoms with van der Waals surface area (Å²) in [7, 11) is 0. The molecule has 5 rings (SSSR count). The highest BCUT2D eigenvalue weighted by atomic mass is 35.5. The second-order valence-electron chi connectivity index (χ2n) is 10.1. The zero-order valence-electron chi connectivity index (χ0n) is 22.3. The Kier molecular flexibility index (Phi) is 9.93. The second-order valence-corrected chi connectivity index (χ2v) is 10.9. The van der Waals surface area contributed by atoms with Crippen molar-refractivity contribution in [3.63, 3.8) is 0 Å². The molecule has 0 aliphatic heterocycles. The summed E-state index contributed by atoms with van der Waals surface area (Å²) in [4.78, 5) is 38.2. The van der Waals surface area contributed by atoms with Gasteiger partial charge in [-0.05, 0) is 56.9 Å². The Labute approximate surface area is 245 Å². The van der Waals surface area contributed by atoms with Gasteiger partial charge in [-0.2, -0.15) is 0 Å². The third kappa shape index (κ3) is 7.78. The van der Waals surface area contributed by atoms with Gasteiger partial charge in [-0.15, -0.1) is 0 Å². The largest absolute Gasteiger partial charge is 0.484 e. The fraction of sp³-hybridized carbons (Fsp3) is 0.464. The molecule has 2 N–H and O–H groups in total. The van der Waals surface area contributed by atoms with E-state index >= 15 is 0 Å². The lowest BCUT2D eigenvalue weighted by Crippen LogP contribution is -2.71. The molecule has 0 saturated heterocycles. The average Bonchev–Trinajstić information content (AvgIpc) is 2.94. The Morgan fingerprint density at radius 1 is 0.854 bits per heavy atom. The van der Waals surface area contributed by atoms with Crippen LogP contribution >= 0.6 is 23.2 Å². The normalized spacial score (nSPS) is 23.0. The third-order valence-corrected chi connectivity index (χ3v) is 7.92. The number of benzene rings is 2. The predicted molar refractivity (Wildman–Crippen MR) is 145 cm³/mol. The van der Waals surface area contributed by atoms with Crippen LogP contribution in [0.4, 0.5) is 8.78 Å². The first-order chi connectivity index (χ1) is 19.5. The molecule has 2 aromatic rings. The fourth-order valence-electron chi connectivity index (χ4n) is 5.24. The lowest BCUT2D eigenvalue weighted by atomic mass is 9.59. The second kappa shape index (κ2) is 13.2. The Balaban J connectivity index is 1.40. The van der Waals surface area contributed by atoms with Crippen LogP contribution < -0.4 is 20.1 Å². The third-order valence-electron chi connectivity index (χ3n) is 7.30. The maximum Gasteiger partial charge on any atom is 0.332 e. The number of ether oxygens (including phenoxy) is 4. The average molecular weight is 615 g/mol. The van der Waals surface area contributed by atoms with Gasteiger partial charge in [0.15, 0.2) is 13.2 Å². The summed E-state index contributed by atoms with van der Waals surface area (Å²) in [5.41, 5.74) is -1.59. The molecule has 1 unspecified atom stereocenters. The zero-order chi connectivity index (χ0) is 29.6. The van der Waals surface area contributed by atoms with Gasteiger partial charge < -0.3 is 29.6 Å². The molecular formula is C28H30Cl2F2N2O7. The summed E-state index contributed by atoms with van der Waals surface area (Å²) >= 11 is 11.4. The molecule has 0 heterocycles. The standard InChI is InChI=1S/C28H30Cl2F2N2O7/c1-2-38-16-26(37)41-23-13-27(33-24(35)14-39-17-3-5-19(29)21(31)11-17)7-9-28(23,10-8-27)34-25(36)15-40-18-4-6-20(30)22(32)12-18/h3-6,11-12,23H,2,7-10,13-16H2,1H3,(H,33,35)(H,34,36). The number of hydrogen-bond acceptors (Lipinski definition) is 7. The fourth-order valence-corrected chi connectivity index (χ4v) is 5.48. The Hall–Kier alpha value is -3.15. The Bertz CT molecular complexity index is 1290. The maximum atomic E-state index is 13.7. The van der Waals surface area contributed by atoms with Gasteiger partial charge in [0.2, 0.25) is 0 Å². The van der Waals surface area contributed by atoms with Crippen LogP contribution in [0.15, 0.2) is 36.4 Å². The van der Waals surface area contributed by atoms with Crippen LogP contribution in [0.1, 0.15) is 39.0 Å². The minimum absolute atomic E-state index is 0.0592. The molecule has 3 aliphatic carbocycles. The van der Waals surface area contributed by atoms with Gasteiger partial charge in [-0.25, -0.2) is 13.6 Å². The first-order valence-corrected chi connectivity index (χ1v) is 13.8. The van der Waals surface area contributed by atoms with E-state index in [2.05, 4.69) is 10.6 Å². The van der Waals surface area contributed by atoms with Crippen molar-refractivity contribution in [1.29, 1.82) is 0 Å². The molecule has 41 heavy (non-hydrogen) atoms. The molecule has 0 radical (unpaired) electrons. The molecule has 3 aliphatic rings. The van der Waals surface area contributed by atoms with Gasteiger partial charge in [0.25, 0.3) is 11.8 Å². The van der Waals surface area contributed by atoms with Crippen molar-refractivity contribution in [3.05, 3.63) is 58.1 Å². The summed E-state index contributed by atoms with van der Waals surface area (Å²) in [5, 5.41) is 5.84. The van der Waals surface area contributed by atoms with Gasteiger partial charge >= 0.3 is 5.97 Å². The summed E-state index contributed by atoms with van der Waals surface area (Å²) < 4.78 is 49.2. The molecule has 9 nitrogen and oxygen atoms in total. The number of fused-ring (bicyclic) bond motifs is 3. The zero-order valence-corrected chi connectivity index (χ0v) is 23.8. The monoisotopic (exact) mass is 614 g/mol. The molecule has 3 saturated carbocycles. The van der Waals surface area contributed by atoms with Crippen LogP contribution in [0.2, 0.25) is 10.0 Å². The Morgan fingerprint density at radius 2 is 1.39 bits per heavy atom. The van der Waals surface area contributed by atoms with Crippen LogP contribution in [0.25, 0.3) is 0 Å². The van der Waals surface area contributed by atoms with Crippen molar-refractivity contribution >= 4 is 41.0 Å². The smallest absolute Gasteiger partial charge is 0.332 e. The number of amides is 2. The molecule has 1 atom stereocenters. The molecule has 2 amide bonds. The van der Waals surface area contributed by atoms with Crippen molar-refractivity contribution in [2.75, 3.05) is 26.4 Å². The lowest BCUT2D eigenvalue weighted by Gasteiger charge is -2.57. The van der Waals surface area contributed by atoms with E-state index in [1.807, 2.05) is 0 Å². The first-order valence-electron chi connectivity index (χ1n) is 13.1. The van der Waals surface area contributed by atoms with Gasteiger partial charge in [-0.3, -0.25) is 9.59 Å². The van der Waals surface area contributed by atoms with Crippen LogP contribution in [0.3, 0.4) is 0 Å². The van der Waals surface area contributed by atoms with E-state index in [0.29, 0.717) is 32.3 Å². The van der Waals surface area contributed by atoms with E-state index in [1.165, 1.54) is 24.3 Å². The lowest BCUT2D eigenvalue weighted by molar-refractivity contribution is -0.171. The molecule has 2 bridgehead atoms. The van der Waals surface area contributed by atoms with E-state index in [1.54, 1.807) is 6.92 Å². The predicted octanol–water partition coefficient (Wildman–Crippen LogP) is 4.37. The SMILES string of the molecule is CCOCC(=O)OC1CC2(NC(=O)COc3ccc(Cl)c(F)c3)CCC1(NC(=O)COc1ccc(Cl)c(F)c1)CC2. The van der Waals surface area contributed by atoms with Crippen LogP contribution in [0.5, 0.6) is 11.5 Å². The van der Waals surface area contributed by atoms with Crippen LogP contribution in [-0.4, -0.2) is 61.4 Å². The highest BCUT2D eigenvalue weighted by Gasteiger charge is 2.57. The van der Waals surface area contributed by atoms with Crippen LogP contribution in [-0.2, 0) is 23.9 Å².